The molecule has 0 aliphatic heterocycles. The molecule has 2 rings (SSSR count). The van der Waals surface area contributed by atoms with Crippen LogP contribution in [0.4, 0.5) is 0 Å². The van der Waals surface area contributed by atoms with Crippen molar-refractivity contribution in [2.45, 2.75) is 32.2 Å². The predicted molar refractivity (Wildman–Crippen MR) is 75.0 cm³/mol. The van der Waals surface area contributed by atoms with E-state index in [1.165, 1.54) is 16.0 Å². The summed E-state index contributed by atoms with van der Waals surface area (Å²) in [6.07, 6.45) is 0.833. The van der Waals surface area contributed by atoms with Crippen LogP contribution >= 0.6 is 27.3 Å². The van der Waals surface area contributed by atoms with E-state index in [4.69, 9.17) is 0 Å². The number of hydrogen-bond donors (Lipinski definition) is 1. The van der Waals surface area contributed by atoms with Gasteiger partial charge in [0.15, 0.2) is 11.4 Å². The minimum absolute atomic E-state index is 0.417. The molecular formula is C11H13BrN4O2S. The Labute approximate surface area is 122 Å². The standard InChI is InChI=1S/C11H13BrN4O2S/c1-3-11(4-2,10(17)18)16-9(13-14-15-16)8-7(12)5-6-19-8/h5-6H,3-4H2,1-2H3,(H,17,18). The van der Waals surface area contributed by atoms with Gasteiger partial charge >= 0.3 is 5.97 Å². The Hall–Kier alpha value is -1.28. The van der Waals surface area contributed by atoms with Gasteiger partial charge < -0.3 is 5.11 Å². The third-order valence-electron chi connectivity index (χ3n) is 3.26. The lowest BCUT2D eigenvalue weighted by molar-refractivity contribution is -0.148. The van der Waals surface area contributed by atoms with Crippen LogP contribution in [0.2, 0.25) is 0 Å². The van der Waals surface area contributed by atoms with Crippen molar-refractivity contribution in [1.29, 1.82) is 0 Å². The zero-order valence-electron chi connectivity index (χ0n) is 10.5. The summed E-state index contributed by atoms with van der Waals surface area (Å²) in [7, 11) is 0. The summed E-state index contributed by atoms with van der Waals surface area (Å²) in [5.74, 6) is -0.438. The van der Waals surface area contributed by atoms with Crippen molar-refractivity contribution in [3.63, 3.8) is 0 Å². The van der Waals surface area contributed by atoms with Crippen molar-refractivity contribution in [2.24, 2.45) is 0 Å². The zero-order valence-corrected chi connectivity index (χ0v) is 12.9. The van der Waals surface area contributed by atoms with Gasteiger partial charge in [-0.05, 0) is 50.6 Å². The van der Waals surface area contributed by atoms with Gasteiger partial charge in [-0.15, -0.1) is 16.4 Å². The fourth-order valence-electron chi connectivity index (χ4n) is 2.01. The molecule has 102 valence electrons. The van der Waals surface area contributed by atoms with Gasteiger partial charge in [-0.25, -0.2) is 9.48 Å². The maximum Gasteiger partial charge on any atom is 0.331 e. The van der Waals surface area contributed by atoms with E-state index in [1.54, 1.807) is 0 Å². The first-order chi connectivity index (χ1) is 9.06. The van der Waals surface area contributed by atoms with Gasteiger partial charge in [0.25, 0.3) is 0 Å². The molecule has 0 aromatic carbocycles. The third-order valence-corrected chi connectivity index (χ3v) is 5.10. The van der Waals surface area contributed by atoms with Crippen molar-refractivity contribution in [1.82, 2.24) is 20.2 Å². The highest BCUT2D eigenvalue weighted by molar-refractivity contribution is 9.10. The van der Waals surface area contributed by atoms with E-state index in [2.05, 4.69) is 31.5 Å². The quantitative estimate of drug-likeness (QED) is 0.901. The normalized spacial score (nSPS) is 11.7. The van der Waals surface area contributed by atoms with Crippen molar-refractivity contribution in [3.05, 3.63) is 15.9 Å². The first-order valence-corrected chi connectivity index (χ1v) is 7.49. The largest absolute Gasteiger partial charge is 0.479 e. The molecule has 0 unspecified atom stereocenters. The van der Waals surface area contributed by atoms with Crippen LogP contribution < -0.4 is 0 Å². The minimum atomic E-state index is -1.11. The number of hydrogen-bond acceptors (Lipinski definition) is 5. The van der Waals surface area contributed by atoms with Gasteiger partial charge in [-0.1, -0.05) is 13.8 Å². The molecule has 0 bridgehead atoms. The Bertz CT molecular complexity index is 591. The summed E-state index contributed by atoms with van der Waals surface area (Å²) < 4.78 is 2.28. The monoisotopic (exact) mass is 344 g/mol. The lowest BCUT2D eigenvalue weighted by Gasteiger charge is -2.27. The molecule has 19 heavy (non-hydrogen) atoms. The van der Waals surface area contributed by atoms with Crippen molar-refractivity contribution < 1.29 is 9.90 Å². The second-order valence-corrected chi connectivity index (χ2v) is 5.83. The number of carboxylic acid groups (broad SMARTS) is 1. The van der Waals surface area contributed by atoms with Crippen LogP contribution in [-0.2, 0) is 10.3 Å². The predicted octanol–water partition coefficient (Wildman–Crippen LogP) is 2.76. The van der Waals surface area contributed by atoms with Gasteiger partial charge in [0.1, 0.15) is 0 Å². The van der Waals surface area contributed by atoms with Crippen LogP contribution in [0.3, 0.4) is 0 Å². The number of carboxylic acids is 1. The topological polar surface area (TPSA) is 80.9 Å². The summed E-state index contributed by atoms with van der Waals surface area (Å²) in [6, 6.07) is 1.89. The maximum absolute atomic E-state index is 11.7. The van der Waals surface area contributed by atoms with Gasteiger partial charge in [-0.2, -0.15) is 0 Å². The summed E-state index contributed by atoms with van der Waals surface area (Å²) in [5.41, 5.74) is -1.11. The SMILES string of the molecule is CCC(CC)(C(=O)O)n1nnnc1-c1sccc1Br. The Balaban J connectivity index is 2.61. The molecule has 2 aromatic heterocycles. The number of nitrogens with zero attached hydrogens (tertiary/aromatic N) is 4. The number of aromatic nitrogens is 4. The number of carbonyl (C=O) groups is 1. The van der Waals surface area contributed by atoms with Crippen LogP contribution in [-0.4, -0.2) is 31.3 Å². The maximum atomic E-state index is 11.7. The Morgan fingerprint density at radius 1 is 1.53 bits per heavy atom. The fourth-order valence-corrected chi connectivity index (χ4v) is 3.53. The molecule has 0 spiro atoms. The van der Waals surface area contributed by atoms with E-state index >= 15 is 0 Å². The van der Waals surface area contributed by atoms with Crippen molar-refractivity contribution >= 4 is 33.2 Å². The first kappa shape index (κ1) is 14.1. The van der Waals surface area contributed by atoms with E-state index in [9.17, 15) is 9.90 Å². The van der Waals surface area contributed by atoms with Gasteiger partial charge in [-0.3, -0.25) is 0 Å². The van der Waals surface area contributed by atoms with Crippen LogP contribution in [0.5, 0.6) is 0 Å². The number of thiophene rings is 1. The minimum Gasteiger partial charge on any atom is -0.479 e. The van der Waals surface area contributed by atoms with E-state index in [-0.39, 0.29) is 0 Å². The van der Waals surface area contributed by atoms with E-state index in [0.29, 0.717) is 18.7 Å². The highest BCUT2D eigenvalue weighted by atomic mass is 79.9. The van der Waals surface area contributed by atoms with E-state index in [0.717, 1.165) is 9.35 Å². The molecule has 1 N–H and O–H groups in total. The number of rotatable bonds is 5. The molecule has 8 heteroatoms. The van der Waals surface area contributed by atoms with Gasteiger partial charge in [0.05, 0.1) is 4.88 Å². The third kappa shape index (κ3) is 2.18. The van der Waals surface area contributed by atoms with Crippen LogP contribution in [0, 0.1) is 0 Å². The molecule has 0 amide bonds. The molecule has 0 saturated carbocycles. The molecule has 2 aromatic rings. The molecule has 0 fully saturated rings. The molecule has 0 radical (unpaired) electrons. The molecule has 0 saturated heterocycles. The summed E-state index contributed by atoms with van der Waals surface area (Å²) in [5, 5.41) is 23.0. The van der Waals surface area contributed by atoms with Gasteiger partial charge in [0, 0.05) is 4.47 Å². The number of aliphatic carboxylic acids is 1. The number of halogens is 1. The first-order valence-electron chi connectivity index (χ1n) is 5.82. The van der Waals surface area contributed by atoms with E-state index < -0.39 is 11.5 Å². The summed E-state index contributed by atoms with van der Waals surface area (Å²) >= 11 is 4.89. The van der Waals surface area contributed by atoms with Crippen molar-refractivity contribution in [3.8, 4) is 10.7 Å². The molecular weight excluding hydrogens is 332 g/mol. The molecule has 2 heterocycles. The molecule has 0 aliphatic carbocycles. The fraction of sp³-hybridized carbons (Fsp3) is 0.455. The van der Waals surface area contributed by atoms with E-state index in [1.807, 2.05) is 25.3 Å². The molecule has 6 nitrogen and oxygen atoms in total. The highest BCUT2D eigenvalue weighted by Gasteiger charge is 2.40. The zero-order chi connectivity index (χ0) is 14.0. The lowest BCUT2D eigenvalue weighted by atomic mass is 9.93. The molecule has 0 atom stereocenters. The van der Waals surface area contributed by atoms with Crippen LogP contribution in [0.15, 0.2) is 15.9 Å². The summed E-state index contributed by atoms with van der Waals surface area (Å²) in [6.45, 7) is 3.65. The van der Waals surface area contributed by atoms with Crippen molar-refractivity contribution in [2.75, 3.05) is 0 Å². The molecule has 0 aliphatic rings. The Morgan fingerprint density at radius 3 is 2.68 bits per heavy atom. The second kappa shape index (κ2) is 5.38. The average Bonchev–Trinajstić information content (AvgIpc) is 3.00. The average molecular weight is 345 g/mol. The smallest absolute Gasteiger partial charge is 0.331 e. The Kier molecular flexibility index (Phi) is 4.00. The lowest BCUT2D eigenvalue weighted by Crippen LogP contribution is -2.42. The van der Waals surface area contributed by atoms with Crippen LogP contribution in [0.1, 0.15) is 26.7 Å². The Morgan fingerprint density at radius 2 is 2.21 bits per heavy atom. The number of tetrazole rings is 1. The van der Waals surface area contributed by atoms with Crippen LogP contribution in [0.25, 0.3) is 10.7 Å². The van der Waals surface area contributed by atoms with Gasteiger partial charge in [0.2, 0.25) is 0 Å². The second-order valence-electron chi connectivity index (χ2n) is 4.06. The summed E-state index contributed by atoms with van der Waals surface area (Å²) in [4.78, 5) is 12.5. The highest BCUT2D eigenvalue weighted by Crippen LogP contribution is 2.35.